The van der Waals surface area contributed by atoms with E-state index >= 15 is 0 Å². The Morgan fingerprint density at radius 3 is 2.26 bits per heavy atom. The molecule has 12 nitrogen and oxygen atoms in total. The van der Waals surface area contributed by atoms with Gasteiger partial charge < -0.3 is 36.6 Å². The van der Waals surface area contributed by atoms with Crippen LogP contribution in [0, 0.1) is 0 Å². The van der Waals surface area contributed by atoms with E-state index in [0.29, 0.717) is 16.8 Å². The summed E-state index contributed by atoms with van der Waals surface area (Å²) in [5, 5.41) is 24.6. The first-order valence-corrected chi connectivity index (χ1v) is 12.0. The van der Waals surface area contributed by atoms with Gasteiger partial charge in [0.1, 0.15) is 25.2 Å². The molecule has 194 valence electrons. The number of hydrogen-bond acceptors (Lipinski definition) is 8. The predicted octanol–water partition coefficient (Wildman–Crippen LogP) is 1.35. The van der Waals surface area contributed by atoms with Gasteiger partial charge in [0.15, 0.2) is 5.75 Å². The minimum atomic E-state index is -1.30. The van der Waals surface area contributed by atoms with E-state index in [1.165, 1.54) is 12.1 Å². The highest BCUT2D eigenvalue weighted by molar-refractivity contribution is 8.13. The molecule has 16 heteroatoms. The Bertz CT molecular complexity index is 930. The van der Waals surface area contributed by atoms with Crippen molar-refractivity contribution >= 4 is 75.6 Å². The van der Waals surface area contributed by atoms with Crippen LogP contribution in [-0.4, -0.2) is 76.7 Å². The van der Waals surface area contributed by atoms with E-state index in [1.807, 2.05) is 0 Å². The lowest BCUT2D eigenvalue weighted by molar-refractivity contribution is -0.139. The third-order valence-electron chi connectivity index (χ3n) is 4.03. The molecule has 0 saturated carbocycles. The number of nitrogens with two attached hydrogens (primary N) is 1. The lowest BCUT2D eigenvalue weighted by Gasteiger charge is -2.18. The molecular weight excluding hydrogens is 551 g/mol. The van der Waals surface area contributed by atoms with Gasteiger partial charge in [-0.15, -0.1) is 0 Å². The highest BCUT2D eigenvalue weighted by atomic mass is 35.5. The summed E-state index contributed by atoms with van der Waals surface area (Å²) in [6.07, 6.45) is -0.472. The molecule has 0 radical (unpaired) electrons. The van der Waals surface area contributed by atoms with Gasteiger partial charge >= 0.3 is 11.9 Å². The number of ether oxygens (including phenoxy) is 1. The zero-order chi connectivity index (χ0) is 26.5. The molecule has 0 bridgehead atoms. The number of aliphatic carboxylic acids is 2. The molecule has 1 aromatic rings. The predicted molar refractivity (Wildman–Crippen MR) is 130 cm³/mol. The molecule has 0 aliphatic rings. The van der Waals surface area contributed by atoms with Gasteiger partial charge in [-0.05, 0) is 18.6 Å². The van der Waals surface area contributed by atoms with Gasteiger partial charge in [0, 0.05) is 17.2 Å². The fourth-order valence-electron chi connectivity index (χ4n) is 2.33. The number of carboxylic acid groups (broad SMARTS) is 2. The van der Waals surface area contributed by atoms with Gasteiger partial charge in [-0.2, -0.15) is 0 Å². The maximum absolute atomic E-state index is 12.2. The van der Waals surface area contributed by atoms with Crippen molar-refractivity contribution in [3.8, 4) is 5.75 Å². The minimum absolute atomic E-state index is 0.0104. The van der Waals surface area contributed by atoms with Crippen molar-refractivity contribution in [2.45, 2.75) is 24.9 Å². The lowest BCUT2D eigenvalue weighted by atomic mass is 10.1. The van der Waals surface area contributed by atoms with Crippen molar-refractivity contribution in [3.05, 3.63) is 27.2 Å². The average molecular weight is 574 g/mol. The van der Waals surface area contributed by atoms with Crippen molar-refractivity contribution in [1.29, 1.82) is 0 Å². The highest BCUT2D eigenvalue weighted by Crippen LogP contribution is 2.35. The van der Waals surface area contributed by atoms with Crippen LogP contribution in [0.15, 0.2) is 12.1 Å². The van der Waals surface area contributed by atoms with Crippen LogP contribution >= 0.6 is 46.6 Å². The summed E-state index contributed by atoms with van der Waals surface area (Å²) in [7, 11) is 0. The summed E-state index contributed by atoms with van der Waals surface area (Å²) in [6.45, 7) is -0.633. The third-order valence-corrected chi connectivity index (χ3v) is 5.71. The Labute approximate surface area is 219 Å². The van der Waals surface area contributed by atoms with E-state index in [0.717, 1.165) is 0 Å². The van der Waals surface area contributed by atoms with Crippen molar-refractivity contribution in [2.24, 2.45) is 5.73 Å². The minimum Gasteiger partial charge on any atom is -0.489 e. The van der Waals surface area contributed by atoms with Crippen LogP contribution < -0.4 is 26.4 Å². The molecule has 3 amide bonds. The molecule has 0 heterocycles. The molecule has 0 fully saturated rings. The Balaban J connectivity index is 2.55. The Morgan fingerprint density at radius 2 is 1.69 bits per heavy atom. The first-order chi connectivity index (χ1) is 16.4. The Morgan fingerprint density at radius 1 is 1.06 bits per heavy atom. The van der Waals surface area contributed by atoms with Crippen LogP contribution in [0.2, 0.25) is 15.1 Å². The van der Waals surface area contributed by atoms with E-state index in [4.69, 9.17) is 55.5 Å². The van der Waals surface area contributed by atoms with Gasteiger partial charge in [-0.1, -0.05) is 46.6 Å². The van der Waals surface area contributed by atoms with Gasteiger partial charge in [0.2, 0.25) is 11.8 Å². The Kier molecular flexibility index (Phi) is 13.6. The number of thioether (sulfide) groups is 1. The number of carboxylic acids is 2. The molecule has 0 spiro atoms. The molecule has 0 aliphatic heterocycles. The molecule has 1 rings (SSSR count). The number of halogens is 3. The van der Waals surface area contributed by atoms with Gasteiger partial charge in [0.05, 0.1) is 16.6 Å². The molecule has 0 aromatic heterocycles. The van der Waals surface area contributed by atoms with Gasteiger partial charge in [-0.3, -0.25) is 24.0 Å². The second kappa shape index (κ2) is 15.5. The van der Waals surface area contributed by atoms with E-state index < -0.39 is 47.6 Å². The molecule has 2 unspecified atom stereocenters. The Hall–Kier alpha value is -2.45. The number of nitrogens with one attached hydrogen (secondary N) is 3. The second-order valence-electron chi connectivity index (χ2n) is 6.79. The second-order valence-corrected chi connectivity index (χ2v) is 9.03. The monoisotopic (exact) mass is 572 g/mol. The van der Waals surface area contributed by atoms with Crippen LogP contribution in [0.25, 0.3) is 0 Å². The van der Waals surface area contributed by atoms with Crippen LogP contribution in [0.1, 0.15) is 12.8 Å². The molecule has 2 atom stereocenters. The van der Waals surface area contributed by atoms with Crippen LogP contribution in [0.4, 0.5) is 4.79 Å². The topological polar surface area (TPSA) is 197 Å². The zero-order valence-electron chi connectivity index (χ0n) is 18.0. The molecule has 0 saturated heterocycles. The fourth-order valence-corrected chi connectivity index (χ4v) is 4.01. The maximum atomic E-state index is 12.2. The first kappa shape index (κ1) is 30.6. The smallest absolute Gasteiger partial charge is 0.322 e. The average Bonchev–Trinajstić information content (AvgIpc) is 2.77. The number of amides is 3. The summed E-state index contributed by atoms with van der Waals surface area (Å²) in [5.74, 6) is -4.15. The summed E-state index contributed by atoms with van der Waals surface area (Å²) in [5.41, 5.74) is 5.34. The van der Waals surface area contributed by atoms with Crippen molar-refractivity contribution < 1.29 is 38.9 Å². The van der Waals surface area contributed by atoms with Gasteiger partial charge in [-0.25, -0.2) is 0 Å². The number of carbonyl (C=O) groups excluding carboxylic acids is 3. The SMILES string of the molecule is NC(CCC(=O)NC(CSC(=O)NCCOc1c(Cl)cc(Cl)cc1Cl)C(=O)NCC(=O)O)C(=O)O. The molecule has 1 aromatic carbocycles. The van der Waals surface area contributed by atoms with Crippen molar-refractivity contribution in [2.75, 3.05) is 25.4 Å². The van der Waals surface area contributed by atoms with Crippen molar-refractivity contribution in [1.82, 2.24) is 16.0 Å². The van der Waals surface area contributed by atoms with E-state index in [9.17, 15) is 24.0 Å². The molecule has 7 N–H and O–H groups in total. The normalized spacial score (nSPS) is 12.2. The standard InChI is InChI=1S/C19H23Cl3N4O8S/c20-9-5-10(21)16(11(22)6-9)34-4-3-24-19(33)35-8-13(17(30)25-7-15(28)29)26-14(27)2-1-12(23)18(31)32/h5-6,12-13H,1-4,7-8,23H2,(H,24,33)(H,25,30)(H,26,27)(H,28,29)(H,31,32). The van der Waals surface area contributed by atoms with Crippen LogP contribution in [-0.2, 0) is 19.2 Å². The maximum Gasteiger partial charge on any atom is 0.322 e. The first-order valence-electron chi connectivity index (χ1n) is 9.86. The summed E-state index contributed by atoms with van der Waals surface area (Å²) < 4.78 is 5.43. The van der Waals surface area contributed by atoms with E-state index in [-0.39, 0.29) is 47.5 Å². The summed E-state index contributed by atoms with van der Waals surface area (Å²) in [6, 6.07) is 0.359. The summed E-state index contributed by atoms with van der Waals surface area (Å²) in [4.78, 5) is 57.9. The largest absolute Gasteiger partial charge is 0.489 e. The fraction of sp³-hybridized carbons (Fsp3) is 0.421. The number of rotatable bonds is 14. The van der Waals surface area contributed by atoms with Crippen LogP contribution in [0.5, 0.6) is 5.75 Å². The zero-order valence-corrected chi connectivity index (χ0v) is 21.1. The molecule has 35 heavy (non-hydrogen) atoms. The van der Waals surface area contributed by atoms with Crippen LogP contribution in [0.3, 0.4) is 0 Å². The third kappa shape index (κ3) is 12.2. The quantitative estimate of drug-likeness (QED) is 0.177. The lowest BCUT2D eigenvalue weighted by Crippen LogP contribution is -2.49. The molecule has 0 aliphatic carbocycles. The molecular formula is C19H23Cl3N4O8S. The number of benzene rings is 1. The number of carbonyl (C=O) groups is 5. The number of hydrogen-bond donors (Lipinski definition) is 6. The van der Waals surface area contributed by atoms with E-state index in [2.05, 4.69) is 16.0 Å². The summed E-state index contributed by atoms with van der Waals surface area (Å²) >= 11 is 18.5. The van der Waals surface area contributed by atoms with E-state index in [1.54, 1.807) is 0 Å². The van der Waals surface area contributed by atoms with Crippen molar-refractivity contribution in [3.63, 3.8) is 0 Å². The van der Waals surface area contributed by atoms with Gasteiger partial charge in [0.25, 0.3) is 5.24 Å². The highest BCUT2D eigenvalue weighted by Gasteiger charge is 2.23.